The molecular formula is C17H24N2OS. The number of rotatable bonds is 3. The lowest BCUT2D eigenvalue weighted by molar-refractivity contribution is -0.124. The molecule has 4 heteroatoms. The van der Waals surface area contributed by atoms with Gasteiger partial charge in [-0.2, -0.15) is 0 Å². The van der Waals surface area contributed by atoms with Crippen LogP contribution in [-0.4, -0.2) is 11.0 Å². The summed E-state index contributed by atoms with van der Waals surface area (Å²) in [7, 11) is 0. The van der Waals surface area contributed by atoms with Crippen LogP contribution in [0.1, 0.15) is 50.2 Å². The fourth-order valence-corrected chi connectivity index (χ4v) is 3.13. The lowest BCUT2D eigenvalue weighted by Gasteiger charge is -2.21. The molecule has 0 radical (unpaired) electrons. The van der Waals surface area contributed by atoms with E-state index in [1.165, 1.54) is 12.0 Å². The predicted octanol–water partition coefficient (Wildman–Crippen LogP) is 3.95. The number of carbonyl (C=O) groups excluding carboxylic acids is 1. The Hall–Kier alpha value is -1.42. The lowest BCUT2D eigenvalue weighted by atomic mass is 9.89. The first-order valence-corrected chi connectivity index (χ1v) is 8.23. The molecule has 1 saturated carbocycles. The number of nitrogens with one attached hydrogen (secondary N) is 2. The van der Waals surface area contributed by atoms with Gasteiger partial charge in [0.25, 0.3) is 0 Å². The highest BCUT2D eigenvalue weighted by atomic mass is 32.1. The first kappa shape index (κ1) is 16.0. The van der Waals surface area contributed by atoms with Crippen molar-refractivity contribution >= 4 is 28.9 Å². The average molecular weight is 304 g/mol. The molecule has 1 fully saturated rings. The smallest absolute Gasteiger partial charge is 0.229 e. The number of anilines is 1. The van der Waals surface area contributed by atoms with Crippen LogP contribution in [0.2, 0.25) is 0 Å². The fourth-order valence-electron chi connectivity index (χ4n) is 2.93. The van der Waals surface area contributed by atoms with Crippen molar-refractivity contribution in [2.75, 3.05) is 5.32 Å². The van der Waals surface area contributed by atoms with E-state index in [4.69, 9.17) is 12.2 Å². The standard InChI is InChI=1S/C17H24N2OS/c1-3-13-11-7-8-12(2)15(13)18-17(21)19-16(20)14-9-5-4-6-10-14/h7-8,11,14H,3-6,9-10H2,1-2H3,(H2,18,19,20,21). The zero-order chi connectivity index (χ0) is 15.2. The third-order valence-corrected chi connectivity index (χ3v) is 4.40. The van der Waals surface area contributed by atoms with E-state index < -0.39 is 0 Å². The number of amides is 1. The molecule has 1 aromatic rings. The van der Waals surface area contributed by atoms with Gasteiger partial charge in [-0.1, -0.05) is 44.4 Å². The third-order valence-electron chi connectivity index (χ3n) is 4.19. The minimum atomic E-state index is 0.0684. The Labute approximate surface area is 132 Å². The number of hydrogen-bond donors (Lipinski definition) is 2. The average Bonchev–Trinajstić information content (AvgIpc) is 2.50. The van der Waals surface area contributed by atoms with Crippen LogP contribution >= 0.6 is 12.2 Å². The number of carbonyl (C=O) groups is 1. The number of aryl methyl sites for hydroxylation is 2. The highest BCUT2D eigenvalue weighted by molar-refractivity contribution is 7.80. The number of para-hydroxylation sites is 1. The maximum atomic E-state index is 12.2. The molecule has 0 unspecified atom stereocenters. The largest absolute Gasteiger partial charge is 0.332 e. The van der Waals surface area contributed by atoms with Gasteiger partial charge in [0.1, 0.15) is 0 Å². The molecular weight excluding hydrogens is 280 g/mol. The van der Waals surface area contributed by atoms with E-state index in [1.807, 2.05) is 19.1 Å². The molecule has 21 heavy (non-hydrogen) atoms. The summed E-state index contributed by atoms with van der Waals surface area (Å²) in [6.45, 7) is 4.16. The van der Waals surface area contributed by atoms with E-state index >= 15 is 0 Å². The minimum absolute atomic E-state index is 0.0684. The Balaban J connectivity index is 1.97. The van der Waals surface area contributed by atoms with E-state index in [1.54, 1.807) is 0 Å². The van der Waals surface area contributed by atoms with Gasteiger partial charge in [0.05, 0.1) is 0 Å². The molecule has 0 spiro atoms. The van der Waals surface area contributed by atoms with Crippen molar-refractivity contribution in [2.45, 2.75) is 52.4 Å². The van der Waals surface area contributed by atoms with Crippen LogP contribution in [-0.2, 0) is 11.2 Å². The van der Waals surface area contributed by atoms with Gasteiger partial charge in [0.2, 0.25) is 5.91 Å². The van der Waals surface area contributed by atoms with Gasteiger partial charge in [-0.05, 0) is 49.5 Å². The van der Waals surface area contributed by atoms with Crippen LogP contribution in [0.5, 0.6) is 0 Å². The minimum Gasteiger partial charge on any atom is -0.332 e. The van der Waals surface area contributed by atoms with E-state index in [0.717, 1.165) is 43.4 Å². The van der Waals surface area contributed by atoms with Gasteiger partial charge in [-0.25, -0.2) is 0 Å². The topological polar surface area (TPSA) is 41.1 Å². The monoisotopic (exact) mass is 304 g/mol. The molecule has 1 amide bonds. The number of thiocarbonyl (C=S) groups is 1. The zero-order valence-corrected chi connectivity index (χ0v) is 13.7. The van der Waals surface area contributed by atoms with Crippen molar-refractivity contribution in [3.05, 3.63) is 29.3 Å². The fraction of sp³-hybridized carbons (Fsp3) is 0.529. The highest BCUT2D eigenvalue weighted by Crippen LogP contribution is 2.24. The molecule has 0 heterocycles. The Morgan fingerprint density at radius 2 is 2.00 bits per heavy atom. The molecule has 1 aliphatic rings. The van der Waals surface area contributed by atoms with Crippen molar-refractivity contribution in [1.29, 1.82) is 0 Å². The predicted molar refractivity (Wildman–Crippen MR) is 91.5 cm³/mol. The summed E-state index contributed by atoms with van der Waals surface area (Å²) in [6, 6.07) is 6.18. The number of benzene rings is 1. The van der Waals surface area contributed by atoms with Gasteiger partial charge in [-0.3, -0.25) is 4.79 Å². The summed E-state index contributed by atoms with van der Waals surface area (Å²) >= 11 is 5.31. The van der Waals surface area contributed by atoms with Gasteiger partial charge in [0, 0.05) is 11.6 Å². The molecule has 0 saturated heterocycles. The summed E-state index contributed by atoms with van der Waals surface area (Å²) in [5.41, 5.74) is 3.38. The second-order valence-corrected chi connectivity index (χ2v) is 6.15. The molecule has 2 rings (SSSR count). The van der Waals surface area contributed by atoms with Crippen LogP contribution in [0.3, 0.4) is 0 Å². The molecule has 1 aromatic carbocycles. The Morgan fingerprint density at radius 1 is 1.29 bits per heavy atom. The summed E-state index contributed by atoms with van der Waals surface area (Å²) in [4.78, 5) is 12.2. The first-order valence-electron chi connectivity index (χ1n) is 7.82. The van der Waals surface area contributed by atoms with Gasteiger partial charge in [-0.15, -0.1) is 0 Å². The maximum absolute atomic E-state index is 12.2. The van der Waals surface area contributed by atoms with Crippen LogP contribution in [0, 0.1) is 12.8 Å². The molecule has 1 aliphatic carbocycles. The van der Waals surface area contributed by atoms with E-state index in [9.17, 15) is 4.79 Å². The molecule has 0 aromatic heterocycles. The molecule has 0 aliphatic heterocycles. The van der Waals surface area contributed by atoms with Crippen LogP contribution < -0.4 is 10.6 Å². The molecule has 3 nitrogen and oxygen atoms in total. The Morgan fingerprint density at radius 3 is 2.67 bits per heavy atom. The SMILES string of the molecule is CCc1cccc(C)c1NC(=S)NC(=O)C1CCCCC1. The molecule has 114 valence electrons. The van der Waals surface area contributed by atoms with Crippen molar-refractivity contribution < 1.29 is 4.79 Å². The van der Waals surface area contributed by atoms with E-state index in [0.29, 0.717) is 5.11 Å². The number of hydrogen-bond acceptors (Lipinski definition) is 2. The van der Waals surface area contributed by atoms with Crippen LogP contribution in [0.15, 0.2) is 18.2 Å². The van der Waals surface area contributed by atoms with Gasteiger partial charge in [0.15, 0.2) is 5.11 Å². The van der Waals surface area contributed by atoms with Crippen molar-refractivity contribution in [3.8, 4) is 0 Å². The van der Waals surface area contributed by atoms with Gasteiger partial charge >= 0.3 is 0 Å². The summed E-state index contributed by atoms with van der Waals surface area (Å²) in [5.74, 6) is 0.194. The highest BCUT2D eigenvalue weighted by Gasteiger charge is 2.21. The second kappa shape index (κ2) is 7.55. The summed E-state index contributed by atoms with van der Waals surface area (Å²) < 4.78 is 0. The summed E-state index contributed by atoms with van der Waals surface area (Å²) in [5, 5.41) is 6.47. The Kier molecular flexibility index (Phi) is 5.74. The maximum Gasteiger partial charge on any atom is 0.229 e. The lowest BCUT2D eigenvalue weighted by Crippen LogP contribution is -2.39. The second-order valence-electron chi connectivity index (χ2n) is 5.74. The molecule has 2 N–H and O–H groups in total. The van der Waals surface area contributed by atoms with Crippen LogP contribution in [0.25, 0.3) is 0 Å². The van der Waals surface area contributed by atoms with Crippen LogP contribution in [0.4, 0.5) is 5.69 Å². The van der Waals surface area contributed by atoms with E-state index in [2.05, 4.69) is 23.6 Å². The van der Waals surface area contributed by atoms with Gasteiger partial charge < -0.3 is 10.6 Å². The Bertz CT molecular complexity index is 522. The normalized spacial score (nSPS) is 15.5. The van der Waals surface area contributed by atoms with E-state index in [-0.39, 0.29) is 11.8 Å². The molecule has 0 atom stereocenters. The summed E-state index contributed by atoms with van der Waals surface area (Å²) in [6.07, 6.45) is 6.45. The third kappa shape index (κ3) is 4.27. The van der Waals surface area contributed by atoms with Crippen molar-refractivity contribution in [1.82, 2.24) is 5.32 Å². The first-order chi connectivity index (χ1) is 10.1. The van der Waals surface area contributed by atoms with Crippen molar-refractivity contribution in [3.63, 3.8) is 0 Å². The zero-order valence-electron chi connectivity index (χ0n) is 12.9. The quantitative estimate of drug-likeness (QED) is 0.831. The van der Waals surface area contributed by atoms with Crippen molar-refractivity contribution in [2.24, 2.45) is 5.92 Å². The molecule has 0 bridgehead atoms.